The Balaban J connectivity index is -0.00000000655. The van der Waals surface area contributed by atoms with Crippen molar-refractivity contribution in [3.05, 3.63) is 0 Å². The molecular weight excluding hydrogens is 219 g/mol. The van der Waals surface area contributed by atoms with Gasteiger partial charge in [-0.15, -0.1) is 0 Å². The Labute approximate surface area is 88.6 Å². The van der Waals surface area contributed by atoms with Crippen LogP contribution in [0.5, 0.6) is 0 Å². The molecule has 0 aliphatic carbocycles. The maximum Gasteiger partial charge on any atom is 0.182 e. The number of carbonyl (C=O) groups excluding carboxylic acids is 6. The minimum absolute atomic E-state index is 0. The summed E-state index contributed by atoms with van der Waals surface area (Å²) in [7, 11) is 0. The van der Waals surface area contributed by atoms with Gasteiger partial charge in [-0.1, -0.05) is 0 Å². The molecule has 0 saturated heterocycles. The van der Waals surface area contributed by atoms with Crippen LogP contribution < -0.4 is 0 Å². The molecule has 7 heteroatoms. The van der Waals surface area contributed by atoms with Gasteiger partial charge in [-0.3, -0.25) is 28.8 Å². The fourth-order valence-corrected chi connectivity index (χ4v) is 0. The van der Waals surface area contributed by atoms with Gasteiger partial charge < -0.3 is 0 Å². The first-order valence-corrected chi connectivity index (χ1v) is 1.41. The van der Waals surface area contributed by atoms with Crippen molar-refractivity contribution >= 4 is 40.7 Å². The van der Waals surface area contributed by atoms with Gasteiger partial charge in [0.1, 0.15) is 0 Å². The van der Waals surface area contributed by atoms with Crippen LogP contribution in [0.15, 0.2) is 0 Å². The van der Waals surface area contributed by atoms with Crippen molar-refractivity contribution in [2.45, 2.75) is 0 Å². The molecule has 0 saturated carbocycles. The molecule has 0 heterocycles. The quantitative estimate of drug-likeness (QED) is 0.457. The van der Waals surface area contributed by atoms with Crippen molar-refractivity contribution in [1.29, 1.82) is 0 Å². The Kier molecular flexibility index (Phi) is 2380. The molecule has 0 aliphatic rings. The second kappa shape index (κ2) is 502. The van der Waals surface area contributed by atoms with E-state index in [2.05, 4.69) is 40.7 Å². The van der Waals surface area contributed by atoms with Crippen LogP contribution in [0.3, 0.4) is 0 Å². The van der Waals surface area contributed by atoms with Crippen LogP contribution in [0.25, 0.3) is 0 Å². The molecule has 0 aliphatic heterocycles. The van der Waals surface area contributed by atoms with E-state index in [4.69, 9.17) is 28.8 Å². The van der Waals surface area contributed by atoms with Crippen LogP contribution in [0.4, 0.5) is 0 Å². The molecule has 0 N–H and O–H groups in total. The maximum atomic E-state index is 7.75. The van der Waals surface area contributed by atoms with E-state index in [1.807, 2.05) is 0 Å². The summed E-state index contributed by atoms with van der Waals surface area (Å²) in [5, 5.41) is 0. The molecule has 0 aromatic carbocycles. The Hall–Kier alpha value is -1.40. The van der Waals surface area contributed by atoms with E-state index in [1.165, 1.54) is 0 Å². The van der Waals surface area contributed by atoms with Gasteiger partial charge in [0, 0.05) is 18.6 Å². The summed E-state index contributed by atoms with van der Waals surface area (Å²) >= 11 is 0. The van der Waals surface area contributed by atoms with Gasteiger partial charge >= 0.3 is 0 Å². The standard InChI is InChI=1S/6CHO.V/c6*1-2;/h6*1H;. The van der Waals surface area contributed by atoms with Crippen LogP contribution in [0.1, 0.15) is 0 Å². The Bertz CT molecular complexity index is 32.6. The van der Waals surface area contributed by atoms with Crippen molar-refractivity contribution < 1.29 is 47.3 Å². The molecule has 0 rings (SSSR count). The van der Waals surface area contributed by atoms with Crippen LogP contribution in [0.2, 0.25) is 0 Å². The topological polar surface area (TPSA) is 102 Å². The fourth-order valence-electron chi connectivity index (χ4n) is 0. The molecule has 0 aromatic rings. The third-order valence-electron chi connectivity index (χ3n) is 0. The fraction of sp³-hybridized carbons (Fsp3) is 0. The summed E-state index contributed by atoms with van der Waals surface area (Å²) in [6, 6.07) is 0. The van der Waals surface area contributed by atoms with Crippen LogP contribution in [-0.4, -0.2) is 40.7 Å². The molecule has 0 amide bonds. The van der Waals surface area contributed by atoms with Gasteiger partial charge in [0.05, 0.1) is 0 Å². The summed E-state index contributed by atoms with van der Waals surface area (Å²) in [4.78, 5) is 46.5. The summed E-state index contributed by atoms with van der Waals surface area (Å²) in [6.07, 6.45) is 0. The molecule has 0 unspecified atom stereocenters. The zero-order valence-corrected chi connectivity index (χ0v) is 7.76. The van der Waals surface area contributed by atoms with Crippen molar-refractivity contribution in [1.82, 2.24) is 0 Å². The van der Waals surface area contributed by atoms with Crippen LogP contribution >= 0.6 is 0 Å². The molecule has 0 atom stereocenters. The summed E-state index contributed by atoms with van der Waals surface area (Å²) in [5.74, 6) is 0. The third kappa shape index (κ3) is 403. The van der Waals surface area contributed by atoms with Crippen molar-refractivity contribution in [3.8, 4) is 0 Å². The predicted molar refractivity (Wildman–Crippen MR) is 40.5 cm³/mol. The van der Waals surface area contributed by atoms with E-state index in [0.29, 0.717) is 0 Å². The zero-order valence-electron chi connectivity index (χ0n) is 6.36. The smallest absolute Gasteiger partial charge is 0.182 e. The molecule has 0 fully saturated rings. The molecule has 0 aromatic heterocycles. The minimum Gasteiger partial charge on any atom is -0.295 e. The largest absolute Gasteiger partial charge is 0.295 e. The van der Waals surface area contributed by atoms with Gasteiger partial charge in [0.2, 0.25) is 0 Å². The monoisotopic (exact) mass is 225 g/mol. The normalized spacial score (nSPS) is 1.85. The second-order valence-electron chi connectivity index (χ2n) is 0. The first-order chi connectivity index (χ1) is 6.00. The average Bonchev–Trinajstić information content (AvgIpc) is 2.33. The van der Waals surface area contributed by atoms with Crippen LogP contribution in [-0.2, 0) is 47.3 Å². The second-order valence-corrected chi connectivity index (χ2v) is 0. The summed E-state index contributed by atoms with van der Waals surface area (Å²) < 4.78 is 0. The van der Waals surface area contributed by atoms with E-state index in [-0.39, 0.29) is 18.6 Å². The van der Waals surface area contributed by atoms with Crippen LogP contribution in [0, 0.1) is 0 Å². The number of rotatable bonds is 0. The molecule has 6 nitrogen and oxygen atoms in total. The molecule has 7 radical (unpaired) electrons. The molecular formula is C6H6O6V. The molecule has 0 bridgehead atoms. The van der Waals surface area contributed by atoms with E-state index >= 15 is 0 Å². The van der Waals surface area contributed by atoms with E-state index in [0.717, 1.165) is 0 Å². The van der Waals surface area contributed by atoms with E-state index in [1.54, 1.807) is 0 Å². The summed E-state index contributed by atoms with van der Waals surface area (Å²) in [5.41, 5.74) is 0. The van der Waals surface area contributed by atoms with Gasteiger partial charge in [0.25, 0.3) is 0 Å². The third-order valence-corrected chi connectivity index (χ3v) is 0. The minimum atomic E-state index is 0. The SMILES string of the molecule is [CH]=O.[CH]=O.[CH]=O.[CH]=O.[CH]=O.[CH]=O.[V]. The Morgan fingerprint density at radius 2 is 0.308 bits per heavy atom. The van der Waals surface area contributed by atoms with Gasteiger partial charge in [-0.2, -0.15) is 0 Å². The van der Waals surface area contributed by atoms with Crippen molar-refractivity contribution in [2.24, 2.45) is 0 Å². The molecule has 71 valence electrons. The van der Waals surface area contributed by atoms with Gasteiger partial charge in [-0.05, 0) is 0 Å². The first-order valence-electron chi connectivity index (χ1n) is 1.41. The van der Waals surface area contributed by atoms with Crippen molar-refractivity contribution in [3.63, 3.8) is 0 Å². The number of hydrogen-bond acceptors (Lipinski definition) is 6. The van der Waals surface area contributed by atoms with Gasteiger partial charge in [-0.25, -0.2) is 0 Å². The predicted octanol–water partition coefficient (Wildman–Crippen LogP) is -1.65. The maximum absolute atomic E-state index is 7.75. The Morgan fingerprint density at radius 3 is 0.308 bits per heavy atom. The summed E-state index contributed by atoms with van der Waals surface area (Å²) in [6.45, 7) is 19.5. The average molecular weight is 225 g/mol. The van der Waals surface area contributed by atoms with Gasteiger partial charge in [0.15, 0.2) is 40.7 Å². The molecule has 13 heavy (non-hydrogen) atoms. The van der Waals surface area contributed by atoms with E-state index < -0.39 is 0 Å². The number of hydrogen-bond donors (Lipinski definition) is 0. The van der Waals surface area contributed by atoms with E-state index in [9.17, 15) is 0 Å². The zero-order chi connectivity index (χ0) is 12.0. The van der Waals surface area contributed by atoms with Crippen molar-refractivity contribution in [2.75, 3.05) is 0 Å². The molecule has 0 spiro atoms. The Morgan fingerprint density at radius 1 is 0.308 bits per heavy atom. The first kappa shape index (κ1) is 61.6.